The molecule has 7 nitrogen and oxygen atoms in total. The first-order valence-electron chi connectivity index (χ1n) is 6.11. The van der Waals surface area contributed by atoms with E-state index in [1.807, 2.05) is 0 Å². The molecule has 1 amide bonds. The van der Waals surface area contributed by atoms with Crippen molar-refractivity contribution in [3.63, 3.8) is 0 Å². The summed E-state index contributed by atoms with van der Waals surface area (Å²) >= 11 is 0. The van der Waals surface area contributed by atoms with Crippen LogP contribution in [0.5, 0.6) is 0 Å². The summed E-state index contributed by atoms with van der Waals surface area (Å²) < 4.78 is 4.97. The third-order valence-electron chi connectivity index (χ3n) is 3.03. The molecule has 2 aromatic rings. The van der Waals surface area contributed by atoms with Crippen molar-refractivity contribution in [2.75, 3.05) is 5.32 Å². The smallest absolute Gasteiger partial charge is 0.343 e. The number of hydrogen-bond acceptors (Lipinski definition) is 5. The van der Waals surface area contributed by atoms with Crippen LogP contribution in [0.4, 0.5) is 5.88 Å². The third-order valence-corrected chi connectivity index (χ3v) is 3.03. The second-order valence-corrected chi connectivity index (χ2v) is 4.55. The van der Waals surface area contributed by atoms with Crippen LogP contribution < -0.4 is 5.32 Å². The molecule has 102 valence electrons. The minimum absolute atomic E-state index is 0.0522. The van der Waals surface area contributed by atoms with Crippen molar-refractivity contribution in [1.82, 2.24) is 10.1 Å². The number of aromatic carboxylic acids is 1. The van der Waals surface area contributed by atoms with Crippen LogP contribution in [-0.2, 0) is 4.79 Å². The number of nitrogens with zero attached hydrogens (tertiary/aromatic N) is 2. The fourth-order valence-corrected chi connectivity index (χ4v) is 1.83. The van der Waals surface area contributed by atoms with Gasteiger partial charge in [0.15, 0.2) is 5.56 Å². The van der Waals surface area contributed by atoms with Crippen molar-refractivity contribution >= 4 is 17.8 Å². The van der Waals surface area contributed by atoms with E-state index in [0.717, 1.165) is 12.8 Å². The number of carbonyl (C=O) groups is 2. The minimum Gasteiger partial charge on any atom is -0.477 e. The predicted molar refractivity (Wildman–Crippen MR) is 68.0 cm³/mol. The molecule has 0 unspecified atom stereocenters. The monoisotopic (exact) mass is 273 g/mol. The topological polar surface area (TPSA) is 105 Å². The van der Waals surface area contributed by atoms with Gasteiger partial charge in [0.05, 0.1) is 0 Å². The second-order valence-electron chi connectivity index (χ2n) is 4.55. The Labute approximate surface area is 113 Å². The first-order valence-corrected chi connectivity index (χ1v) is 6.11. The lowest BCUT2D eigenvalue weighted by atomic mass is 10.1. The third kappa shape index (κ3) is 2.25. The summed E-state index contributed by atoms with van der Waals surface area (Å²) in [5, 5.41) is 15.5. The molecule has 2 N–H and O–H groups in total. The lowest BCUT2D eigenvalue weighted by molar-refractivity contribution is -0.117. The zero-order valence-electron chi connectivity index (χ0n) is 10.4. The molecule has 0 aromatic carbocycles. The van der Waals surface area contributed by atoms with E-state index in [0.29, 0.717) is 5.56 Å². The first kappa shape index (κ1) is 12.3. The van der Waals surface area contributed by atoms with Crippen LogP contribution in [0.25, 0.3) is 11.3 Å². The van der Waals surface area contributed by atoms with E-state index < -0.39 is 5.97 Å². The molecule has 7 heteroatoms. The van der Waals surface area contributed by atoms with E-state index in [1.165, 1.54) is 6.20 Å². The first-order chi connectivity index (χ1) is 9.66. The summed E-state index contributed by atoms with van der Waals surface area (Å²) in [4.78, 5) is 27.0. The average Bonchev–Trinajstić information content (AvgIpc) is 3.21. The average molecular weight is 273 g/mol. The molecule has 1 aliphatic carbocycles. The van der Waals surface area contributed by atoms with Crippen LogP contribution in [0.1, 0.15) is 23.2 Å². The maximum Gasteiger partial charge on any atom is 0.343 e. The zero-order chi connectivity index (χ0) is 14.1. The molecule has 20 heavy (non-hydrogen) atoms. The van der Waals surface area contributed by atoms with E-state index >= 15 is 0 Å². The number of carbonyl (C=O) groups excluding carboxylic acids is 1. The van der Waals surface area contributed by atoms with Gasteiger partial charge in [0, 0.05) is 23.9 Å². The van der Waals surface area contributed by atoms with Crippen molar-refractivity contribution in [2.45, 2.75) is 12.8 Å². The Bertz CT molecular complexity index is 662. The second kappa shape index (κ2) is 4.76. The summed E-state index contributed by atoms with van der Waals surface area (Å²) in [6.07, 6.45) is 4.69. The maximum atomic E-state index is 11.7. The molecule has 1 fully saturated rings. The number of nitrogens with one attached hydrogen (secondary N) is 1. The standard InChI is InChI=1S/C13H11N3O4/c17-11(7-3-4-7)15-12-9(13(18)19)10(16-20-12)8-2-1-5-14-6-8/h1-2,5-7H,3-4H2,(H,15,17)(H,18,19). The number of carboxylic acids is 1. The summed E-state index contributed by atoms with van der Waals surface area (Å²) in [5.41, 5.74) is 0.504. The van der Waals surface area contributed by atoms with E-state index in [9.17, 15) is 14.7 Å². The van der Waals surface area contributed by atoms with Gasteiger partial charge in [-0.1, -0.05) is 5.16 Å². The summed E-state index contributed by atoms with van der Waals surface area (Å²) in [7, 11) is 0. The maximum absolute atomic E-state index is 11.7. The van der Waals surface area contributed by atoms with E-state index in [2.05, 4.69) is 15.5 Å². The van der Waals surface area contributed by atoms with Gasteiger partial charge in [0.25, 0.3) is 0 Å². The van der Waals surface area contributed by atoms with Crippen molar-refractivity contribution in [1.29, 1.82) is 0 Å². The number of pyridine rings is 1. The zero-order valence-corrected chi connectivity index (χ0v) is 10.4. The van der Waals surface area contributed by atoms with E-state index in [1.54, 1.807) is 18.3 Å². The minimum atomic E-state index is -1.21. The Morgan fingerprint density at radius 3 is 2.80 bits per heavy atom. The Hall–Kier alpha value is -2.70. The van der Waals surface area contributed by atoms with Crippen molar-refractivity contribution in [2.24, 2.45) is 5.92 Å². The Morgan fingerprint density at radius 2 is 2.20 bits per heavy atom. The lowest BCUT2D eigenvalue weighted by Gasteiger charge is -2.01. The fourth-order valence-electron chi connectivity index (χ4n) is 1.83. The number of hydrogen-bond donors (Lipinski definition) is 2. The van der Waals surface area contributed by atoms with Gasteiger partial charge in [0.1, 0.15) is 5.69 Å². The molecule has 1 aliphatic rings. The summed E-state index contributed by atoms with van der Waals surface area (Å²) in [5.74, 6) is -1.63. The molecule has 0 aliphatic heterocycles. The molecular formula is C13H11N3O4. The fraction of sp³-hybridized carbons (Fsp3) is 0.231. The molecule has 2 aromatic heterocycles. The molecule has 3 rings (SSSR count). The number of aromatic nitrogens is 2. The van der Waals surface area contributed by atoms with E-state index in [4.69, 9.17) is 4.52 Å². The normalized spacial score (nSPS) is 14.0. The molecule has 0 saturated heterocycles. The Morgan fingerprint density at radius 1 is 1.40 bits per heavy atom. The van der Waals surface area contributed by atoms with Gasteiger partial charge in [0.2, 0.25) is 11.8 Å². The van der Waals surface area contributed by atoms with E-state index in [-0.39, 0.29) is 29.0 Å². The van der Waals surface area contributed by atoms with Gasteiger partial charge < -0.3 is 9.63 Å². The van der Waals surface area contributed by atoms with Crippen LogP contribution in [0.15, 0.2) is 29.0 Å². The molecule has 0 radical (unpaired) electrons. The van der Waals surface area contributed by atoms with Gasteiger partial charge in [-0.2, -0.15) is 0 Å². The van der Waals surface area contributed by atoms with Crippen molar-refractivity contribution < 1.29 is 19.2 Å². The highest BCUT2D eigenvalue weighted by Gasteiger charge is 2.32. The van der Waals surface area contributed by atoms with Crippen LogP contribution >= 0.6 is 0 Å². The SMILES string of the molecule is O=C(O)c1c(-c2cccnc2)noc1NC(=O)C1CC1. The highest BCUT2D eigenvalue weighted by molar-refractivity contribution is 6.03. The molecule has 0 spiro atoms. The van der Waals surface area contributed by atoms with Crippen molar-refractivity contribution in [3.8, 4) is 11.3 Å². The molecule has 0 bridgehead atoms. The Balaban J connectivity index is 1.97. The predicted octanol–water partition coefficient (Wildman–Crippen LogP) is 1.78. The lowest BCUT2D eigenvalue weighted by Crippen LogP contribution is -2.15. The van der Waals surface area contributed by atoms with Gasteiger partial charge in [-0.15, -0.1) is 0 Å². The van der Waals surface area contributed by atoms with Crippen LogP contribution in [0, 0.1) is 5.92 Å². The number of anilines is 1. The van der Waals surface area contributed by atoms with Crippen LogP contribution in [0.2, 0.25) is 0 Å². The van der Waals surface area contributed by atoms with Gasteiger partial charge in [-0.25, -0.2) is 4.79 Å². The molecule has 0 atom stereocenters. The van der Waals surface area contributed by atoms with Crippen LogP contribution in [0.3, 0.4) is 0 Å². The summed E-state index contributed by atoms with van der Waals surface area (Å²) in [6, 6.07) is 3.34. The summed E-state index contributed by atoms with van der Waals surface area (Å²) in [6.45, 7) is 0. The number of amides is 1. The highest BCUT2D eigenvalue weighted by atomic mass is 16.5. The van der Waals surface area contributed by atoms with Gasteiger partial charge >= 0.3 is 5.97 Å². The van der Waals surface area contributed by atoms with Gasteiger partial charge in [-0.05, 0) is 25.0 Å². The van der Waals surface area contributed by atoms with Crippen LogP contribution in [-0.4, -0.2) is 27.1 Å². The quantitative estimate of drug-likeness (QED) is 0.879. The molecular weight excluding hydrogens is 262 g/mol. The molecule has 1 saturated carbocycles. The number of rotatable bonds is 4. The van der Waals surface area contributed by atoms with Crippen molar-refractivity contribution in [3.05, 3.63) is 30.1 Å². The van der Waals surface area contributed by atoms with Gasteiger partial charge in [-0.3, -0.25) is 15.1 Å². The highest BCUT2D eigenvalue weighted by Crippen LogP contribution is 2.33. The molecule has 2 heterocycles. The largest absolute Gasteiger partial charge is 0.477 e. The number of carboxylic acid groups (broad SMARTS) is 1. The Kier molecular flexibility index (Phi) is 2.94.